The van der Waals surface area contributed by atoms with E-state index in [9.17, 15) is 4.79 Å². The largest absolute Gasteiger partial charge is 0.317 e. The first-order valence-electron chi connectivity index (χ1n) is 9.19. The SMILES string of the molecule is CCCCCN1CCC(=O)CC1.CCCCNCCCC. The summed E-state index contributed by atoms with van der Waals surface area (Å²) in [4.78, 5) is 13.3. The molecule has 21 heavy (non-hydrogen) atoms. The van der Waals surface area contributed by atoms with Crippen LogP contribution in [0.15, 0.2) is 0 Å². The van der Waals surface area contributed by atoms with E-state index in [1.165, 1.54) is 64.6 Å². The number of likely N-dealkylation sites (tertiary alicyclic amines) is 1. The van der Waals surface area contributed by atoms with Gasteiger partial charge in [-0.25, -0.2) is 0 Å². The van der Waals surface area contributed by atoms with E-state index in [0.717, 1.165) is 25.9 Å². The van der Waals surface area contributed by atoms with E-state index in [1.807, 2.05) is 0 Å². The molecule has 1 N–H and O–H groups in total. The number of carbonyl (C=O) groups is 1. The number of nitrogens with zero attached hydrogens (tertiary/aromatic N) is 1. The molecule has 0 radical (unpaired) electrons. The van der Waals surface area contributed by atoms with E-state index in [1.54, 1.807) is 0 Å². The topological polar surface area (TPSA) is 32.3 Å². The van der Waals surface area contributed by atoms with Crippen LogP contribution < -0.4 is 5.32 Å². The van der Waals surface area contributed by atoms with Crippen LogP contribution in [-0.4, -0.2) is 43.4 Å². The molecular formula is C18H38N2O. The molecule has 0 aliphatic carbocycles. The van der Waals surface area contributed by atoms with E-state index in [2.05, 4.69) is 31.0 Å². The number of piperidine rings is 1. The second kappa shape index (κ2) is 16.0. The van der Waals surface area contributed by atoms with Gasteiger partial charge in [0.25, 0.3) is 0 Å². The van der Waals surface area contributed by atoms with Crippen molar-refractivity contribution in [2.24, 2.45) is 0 Å². The minimum atomic E-state index is 0.446. The van der Waals surface area contributed by atoms with Crippen molar-refractivity contribution in [2.45, 2.75) is 78.6 Å². The lowest BCUT2D eigenvalue weighted by molar-refractivity contribution is -0.121. The maximum Gasteiger partial charge on any atom is 0.135 e. The number of Topliss-reactive ketones (excluding diaryl/α,β-unsaturated/α-hetero) is 1. The predicted molar refractivity (Wildman–Crippen MR) is 92.9 cm³/mol. The highest BCUT2D eigenvalue weighted by Crippen LogP contribution is 2.07. The smallest absolute Gasteiger partial charge is 0.135 e. The van der Waals surface area contributed by atoms with Gasteiger partial charge in [-0.15, -0.1) is 0 Å². The van der Waals surface area contributed by atoms with Crippen LogP contribution >= 0.6 is 0 Å². The van der Waals surface area contributed by atoms with Gasteiger partial charge in [-0.05, 0) is 38.9 Å². The maximum atomic E-state index is 10.9. The van der Waals surface area contributed by atoms with Crippen LogP contribution in [0.5, 0.6) is 0 Å². The molecule has 0 aromatic carbocycles. The van der Waals surface area contributed by atoms with Crippen molar-refractivity contribution in [2.75, 3.05) is 32.7 Å². The summed E-state index contributed by atoms with van der Waals surface area (Å²) in [6.07, 6.45) is 10.7. The van der Waals surface area contributed by atoms with Crippen LogP contribution in [0.25, 0.3) is 0 Å². The first kappa shape index (κ1) is 20.6. The van der Waals surface area contributed by atoms with E-state index >= 15 is 0 Å². The van der Waals surface area contributed by atoms with Gasteiger partial charge in [0.15, 0.2) is 0 Å². The highest BCUT2D eigenvalue weighted by atomic mass is 16.1. The molecule has 0 aromatic heterocycles. The van der Waals surface area contributed by atoms with Crippen LogP contribution in [0.3, 0.4) is 0 Å². The summed E-state index contributed by atoms with van der Waals surface area (Å²) in [7, 11) is 0. The van der Waals surface area contributed by atoms with Crippen molar-refractivity contribution in [1.29, 1.82) is 0 Å². The zero-order chi connectivity index (χ0) is 15.8. The Kier molecular flexibility index (Phi) is 15.7. The summed E-state index contributed by atoms with van der Waals surface area (Å²) in [5.74, 6) is 0.446. The maximum absolute atomic E-state index is 10.9. The first-order valence-corrected chi connectivity index (χ1v) is 9.19. The molecule has 1 aliphatic rings. The number of nitrogens with one attached hydrogen (secondary N) is 1. The molecule has 1 heterocycles. The van der Waals surface area contributed by atoms with Gasteiger partial charge in [0, 0.05) is 25.9 Å². The third-order valence-corrected chi connectivity index (χ3v) is 3.91. The molecule has 3 heteroatoms. The Morgan fingerprint density at radius 1 is 0.857 bits per heavy atom. The van der Waals surface area contributed by atoms with Gasteiger partial charge >= 0.3 is 0 Å². The summed E-state index contributed by atoms with van der Waals surface area (Å²) in [6.45, 7) is 12.3. The standard InChI is InChI=1S/C10H19NO.C8H19N/c1-2-3-4-7-11-8-5-10(12)6-9-11;1-3-5-7-9-8-6-4-2/h2-9H2,1H3;9H,3-8H2,1-2H3. The van der Waals surface area contributed by atoms with Crippen LogP contribution in [0, 0.1) is 0 Å². The second-order valence-corrected chi connectivity index (χ2v) is 6.04. The molecule has 126 valence electrons. The van der Waals surface area contributed by atoms with E-state index in [-0.39, 0.29) is 0 Å². The average Bonchev–Trinajstić information content (AvgIpc) is 2.50. The zero-order valence-electron chi connectivity index (χ0n) is 14.8. The molecule has 0 unspecified atom stereocenters. The Hall–Kier alpha value is -0.410. The summed E-state index contributed by atoms with van der Waals surface area (Å²) in [6, 6.07) is 0. The monoisotopic (exact) mass is 298 g/mol. The number of ketones is 1. The lowest BCUT2D eigenvalue weighted by Gasteiger charge is -2.25. The van der Waals surface area contributed by atoms with E-state index in [0.29, 0.717) is 5.78 Å². The second-order valence-electron chi connectivity index (χ2n) is 6.04. The molecule has 0 atom stereocenters. The van der Waals surface area contributed by atoms with Gasteiger partial charge in [0.2, 0.25) is 0 Å². The Balaban J connectivity index is 0.000000400. The third kappa shape index (κ3) is 14.3. The normalized spacial score (nSPS) is 15.7. The molecule has 0 spiro atoms. The van der Waals surface area contributed by atoms with Gasteiger partial charge in [-0.3, -0.25) is 4.79 Å². The molecule has 0 amide bonds. The van der Waals surface area contributed by atoms with Crippen molar-refractivity contribution >= 4 is 5.78 Å². The Bertz CT molecular complexity index is 215. The zero-order valence-corrected chi connectivity index (χ0v) is 14.8. The fourth-order valence-corrected chi connectivity index (χ4v) is 2.34. The Morgan fingerprint density at radius 3 is 1.86 bits per heavy atom. The van der Waals surface area contributed by atoms with Crippen LogP contribution in [0.1, 0.15) is 78.6 Å². The molecule has 1 aliphatic heterocycles. The quantitative estimate of drug-likeness (QED) is 0.618. The summed E-state index contributed by atoms with van der Waals surface area (Å²) in [5.41, 5.74) is 0. The van der Waals surface area contributed by atoms with Crippen LogP contribution in [-0.2, 0) is 4.79 Å². The molecule has 1 fully saturated rings. The first-order chi connectivity index (χ1) is 10.2. The summed E-state index contributed by atoms with van der Waals surface area (Å²) in [5, 5.41) is 3.39. The number of hydrogen-bond donors (Lipinski definition) is 1. The van der Waals surface area contributed by atoms with Crippen LogP contribution in [0.2, 0.25) is 0 Å². The third-order valence-electron chi connectivity index (χ3n) is 3.91. The van der Waals surface area contributed by atoms with Gasteiger partial charge < -0.3 is 10.2 Å². The van der Waals surface area contributed by atoms with Crippen LogP contribution in [0.4, 0.5) is 0 Å². The molecule has 0 bridgehead atoms. The highest BCUT2D eigenvalue weighted by Gasteiger charge is 2.14. The van der Waals surface area contributed by atoms with Crippen molar-refractivity contribution in [1.82, 2.24) is 10.2 Å². The molecule has 1 saturated heterocycles. The fourth-order valence-electron chi connectivity index (χ4n) is 2.34. The van der Waals surface area contributed by atoms with Gasteiger partial charge in [-0.2, -0.15) is 0 Å². The minimum absolute atomic E-state index is 0.446. The minimum Gasteiger partial charge on any atom is -0.317 e. The number of hydrogen-bond acceptors (Lipinski definition) is 3. The summed E-state index contributed by atoms with van der Waals surface area (Å²) >= 11 is 0. The molecular weight excluding hydrogens is 260 g/mol. The van der Waals surface area contributed by atoms with E-state index < -0.39 is 0 Å². The fraction of sp³-hybridized carbons (Fsp3) is 0.944. The van der Waals surface area contributed by atoms with Crippen molar-refractivity contribution in [3.63, 3.8) is 0 Å². The number of carbonyl (C=O) groups excluding carboxylic acids is 1. The average molecular weight is 299 g/mol. The lowest BCUT2D eigenvalue weighted by atomic mass is 10.1. The number of unbranched alkanes of at least 4 members (excludes halogenated alkanes) is 4. The number of rotatable bonds is 10. The molecule has 3 nitrogen and oxygen atoms in total. The molecule has 0 aromatic rings. The molecule has 1 rings (SSSR count). The van der Waals surface area contributed by atoms with Crippen molar-refractivity contribution < 1.29 is 4.79 Å². The Labute approximate surface area is 132 Å². The van der Waals surface area contributed by atoms with E-state index in [4.69, 9.17) is 0 Å². The van der Waals surface area contributed by atoms with Crippen molar-refractivity contribution in [3.8, 4) is 0 Å². The lowest BCUT2D eigenvalue weighted by Crippen LogP contribution is -2.34. The summed E-state index contributed by atoms with van der Waals surface area (Å²) < 4.78 is 0. The van der Waals surface area contributed by atoms with Gasteiger partial charge in [0.1, 0.15) is 5.78 Å². The van der Waals surface area contributed by atoms with Gasteiger partial charge in [0.05, 0.1) is 0 Å². The predicted octanol–water partition coefficient (Wildman–Crippen LogP) is 4.02. The molecule has 0 saturated carbocycles. The Morgan fingerprint density at radius 2 is 1.38 bits per heavy atom. The van der Waals surface area contributed by atoms with Crippen molar-refractivity contribution in [3.05, 3.63) is 0 Å². The van der Waals surface area contributed by atoms with Gasteiger partial charge in [-0.1, -0.05) is 46.5 Å². The highest BCUT2D eigenvalue weighted by molar-refractivity contribution is 5.79.